The molecule has 27 heavy (non-hydrogen) atoms. The molecule has 0 radical (unpaired) electrons. The molecule has 0 saturated carbocycles. The highest BCUT2D eigenvalue weighted by atomic mass is 32.1. The molecule has 0 spiro atoms. The summed E-state index contributed by atoms with van der Waals surface area (Å²) in [6.07, 6.45) is 1.36. The number of nitrogens with zero attached hydrogens (tertiary/aromatic N) is 1. The zero-order valence-electron chi connectivity index (χ0n) is 15.6. The molecule has 6 nitrogen and oxygen atoms in total. The van der Waals surface area contributed by atoms with Crippen molar-refractivity contribution in [3.63, 3.8) is 0 Å². The van der Waals surface area contributed by atoms with E-state index in [9.17, 15) is 9.59 Å². The summed E-state index contributed by atoms with van der Waals surface area (Å²) in [4.78, 5) is 28.3. The summed E-state index contributed by atoms with van der Waals surface area (Å²) in [5.41, 5.74) is 4.40. The maximum Gasteiger partial charge on any atom is 0.323 e. The number of aryl methyl sites for hydroxylation is 2. The van der Waals surface area contributed by atoms with Crippen LogP contribution in [0.4, 0.5) is 21.3 Å². The number of carbonyl (C=O) groups excluding carboxylic acids is 2. The number of benzene rings is 2. The van der Waals surface area contributed by atoms with Gasteiger partial charge in [0.05, 0.1) is 10.2 Å². The second-order valence-corrected chi connectivity index (χ2v) is 7.22. The van der Waals surface area contributed by atoms with Crippen LogP contribution in [-0.4, -0.2) is 16.9 Å². The van der Waals surface area contributed by atoms with Crippen LogP contribution in [0.2, 0.25) is 0 Å². The molecule has 1 aromatic heterocycles. The van der Waals surface area contributed by atoms with Crippen LogP contribution < -0.4 is 16.0 Å². The predicted molar refractivity (Wildman–Crippen MR) is 112 cm³/mol. The van der Waals surface area contributed by atoms with Crippen molar-refractivity contribution in [1.82, 2.24) is 4.98 Å². The van der Waals surface area contributed by atoms with Gasteiger partial charge >= 0.3 is 6.03 Å². The second kappa shape index (κ2) is 8.18. The first-order valence-corrected chi connectivity index (χ1v) is 9.68. The first-order chi connectivity index (χ1) is 13.0. The Morgan fingerprint density at radius 2 is 1.70 bits per heavy atom. The summed E-state index contributed by atoms with van der Waals surface area (Å²) < 4.78 is 0.906. The van der Waals surface area contributed by atoms with Crippen molar-refractivity contribution in [3.05, 3.63) is 47.5 Å². The van der Waals surface area contributed by atoms with Gasteiger partial charge < -0.3 is 16.0 Å². The number of hydrogen-bond donors (Lipinski definition) is 3. The molecule has 3 amide bonds. The smallest absolute Gasteiger partial charge is 0.308 e. The Morgan fingerprint density at radius 1 is 1.00 bits per heavy atom. The molecule has 3 rings (SSSR count). The molecule has 0 fully saturated rings. The lowest BCUT2D eigenvalue weighted by atomic mass is 10.1. The van der Waals surface area contributed by atoms with Gasteiger partial charge in [-0.05, 0) is 48.7 Å². The molecule has 0 aliphatic heterocycles. The van der Waals surface area contributed by atoms with E-state index in [4.69, 9.17) is 0 Å². The van der Waals surface area contributed by atoms with Gasteiger partial charge in [0.1, 0.15) is 0 Å². The SMILES string of the molecule is CCC(=O)Nc1nc2c(C)cc(NC(=O)Nc3ccc(CC)cc3)cc2s1. The van der Waals surface area contributed by atoms with Crippen LogP contribution in [0.5, 0.6) is 0 Å². The summed E-state index contributed by atoms with van der Waals surface area (Å²) in [6, 6.07) is 11.2. The molecule has 3 N–H and O–H groups in total. The largest absolute Gasteiger partial charge is 0.323 e. The van der Waals surface area contributed by atoms with Crippen LogP contribution in [-0.2, 0) is 11.2 Å². The van der Waals surface area contributed by atoms with Gasteiger partial charge in [-0.2, -0.15) is 0 Å². The van der Waals surface area contributed by atoms with E-state index >= 15 is 0 Å². The van der Waals surface area contributed by atoms with Crippen molar-refractivity contribution < 1.29 is 9.59 Å². The lowest BCUT2D eigenvalue weighted by molar-refractivity contribution is -0.115. The van der Waals surface area contributed by atoms with E-state index < -0.39 is 0 Å². The Balaban J connectivity index is 1.73. The minimum absolute atomic E-state index is 0.0708. The topological polar surface area (TPSA) is 83.1 Å². The number of anilines is 3. The van der Waals surface area contributed by atoms with Gasteiger partial charge in [-0.15, -0.1) is 0 Å². The third-order valence-corrected chi connectivity index (χ3v) is 5.05. The average Bonchev–Trinajstić information content (AvgIpc) is 3.05. The van der Waals surface area contributed by atoms with Gasteiger partial charge in [-0.3, -0.25) is 4.79 Å². The lowest BCUT2D eigenvalue weighted by Crippen LogP contribution is -2.19. The summed E-state index contributed by atoms with van der Waals surface area (Å²) in [7, 11) is 0. The molecule has 7 heteroatoms. The van der Waals surface area contributed by atoms with E-state index in [1.165, 1.54) is 16.9 Å². The van der Waals surface area contributed by atoms with Crippen molar-refractivity contribution in [1.29, 1.82) is 0 Å². The van der Waals surface area contributed by atoms with Crippen LogP contribution in [0, 0.1) is 6.92 Å². The third-order valence-electron chi connectivity index (χ3n) is 4.13. The Kier molecular flexibility index (Phi) is 5.71. The monoisotopic (exact) mass is 382 g/mol. The number of amides is 3. The lowest BCUT2D eigenvalue weighted by Gasteiger charge is -2.09. The summed E-state index contributed by atoms with van der Waals surface area (Å²) in [5.74, 6) is -0.0708. The van der Waals surface area contributed by atoms with E-state index in [2.05, 4.69) is 27.9 Å². The van der Waals surface area contributed by atoms with Gasteiger partial charge in [0.2, 0.25) is 5.91 Å². The zero-order valence-corrected chi connectivity index (χ0v) is 16.4. The fourth-order valence-corrected chi connectivity index (χ4v) is 3.65. The molecular weight excluding hydrogens is 360 g/mol. The predicted octanol–water partition coefficient (Wildman–Crippen LogP) is 5.16. The van der Waals surface area contributed by atoms with E-state index in [1.807, 2.05) is 43.3 Å². The number of fused-ring (bicyclic) bond motifs is 1. The molecule has 0 aliphatic rings. The molecule has 2 aromatic carbocycles. The van der Waals surface area contributed by atoms with Gasteiger partial charge in [0.25, 0.3) is 0 Å². The number of nitrogens with one attached hydrogen (secondary N) is 3. The summed E-state index contributed by atoms with van der Waals surface area (Å²) in [5, 5.41) is 9.03. The second-order valence-electron chi connectivity index (χ2n) is 6.19. The Morgan fingerprint density at radius 3 is 2.37 bits per heavy atom. The standard InChI is InChI=1S/C20H22N4O2S/c1-4-13-6-8-14(9-7-13)21-19(26)22-15-10-12(3)18-16(11-15)27-20(24-18)23-17(25)5-2/h6-11H,4-5H2,1-3H3,(H2,21,22,26)(H,23,24,25). The Bertz CT molecular complexity index is 980. The first kappa shape index (κ1) is 18.8. The molecule has 0 atom stereocenters. The fourth-order valence-electron chi connectivity index (χ4n) is 2.65. The quantitative estimate of drug-likeness (QED) is 0.570. The van der Waals surface area contributed by atoms with Gasteiger partial charge in [0, 0.05) is 17.8 Å². The van der Waals surface area contributed by atoms with Crippen LogP contribution in [0.1, 0.15) is 31.4 Å². The van der Waals surface area contributed by atoms with Crippen LogP contribution >= 0.6 is 11.3 Å². The molecule has 3 aromatic rings. The van der Waals surface area contributed by atoms with E-state index in [-0.39, 0.29) is 11.9 Å². The number of rotatable bonds is 5. The minimum atomic E-state index is -0.304. The van der Waals surface area contributed by atoms with Gasteiger partial charge in [-0.1, -0.05) is 37.3 Å². The number of thiazole rings is 1. The van der Waals surface area contributed by atoms with Crippen molar-refractivity contribution in [2.75, 3.05) is 16.0 Å². The van der Waals surface area contributed by atoms with Crippen molar-refractivity contribution in [3.8, 4) is 0 Å². The average molecular weight is 382 g/mol. The number of hydrogen-bond acceptors (Lipinski definition) is 4. The molecule has 0 saturated heterocycles. The molecule has 140 valence electrons. The Labute approximate surface area is 162 Å². The normalized spacial score (nSPS) is 10.6. The maximum atomic E-state index is 12.3. The van der Waals surface area contributed by atoms with Crippen molar-refractivity contribution in [2.45, 2.75) is 33.6 Å². The summed E-state index contributed by atoms with van der Waals surface area (Å²) >= 11 is 1.39. The van der Waals surface area contributed by atoms with Crippen molar-refractivity contribution >= 4 is 50.0 Å². The molecule has 1 heterocycles. The molecule has 0 bridgehead atoms. The summed E-state index contributed by atoms with van der Waals surface area (Å²) in [6.45, 7) is 5.82. The Hall–Kier alpha value is -2.93. The number of carbonyl (C=O) groups is 2. The van der Waals surface area contributed by atoms with Crippen LogP contribution in [0.15, 0.2) is 36.4 Å². The first-order valence-electron chi connectivity index (χ1n) is 8.86. The fraction of sp³-hybridized carbons (Fsp3) is 0.250. The van der Waals surface area contributed by atoms with Gasteiger partial charge in [-0.25, -0.2) is 9.78 Å². The molecule has 0 aliphatic carbocycles. The van der Waals surface area contributed by atoms with Crippen LogP contribution in [0.3, 0.4) is 0 Å². The van der Waals surface area contributed by atoms with Crippen LogP contribution in [0.25, 0.3) is 10.2 Å². The van der Waals surface area contributed by atoms with Gasteiger partial charge in [0.15, 0.2) is 5.13 Å². The van der Waals surface area contributed by atoms with E-state index in [0.29, 0.717) is 17.2 Å². The van der Waals surface area contributed by atoms with E-state index in [1.54, 1.807) is 6.92 Å². The highest BCUT2D eigenvalue weighted by molar-refractivity contribution is 7.22. The maximum absolute atomic E-state index is 12.3. The molecule has 0 unspecified atom stereocenters. The van der Waals surface area contributed by atoms with E-state index in [0.717, 1.165) is 27.9 Å². The van der Waals surface area contributed by atoms with Crippen molar-refractivity contribution in [2.24, 2.45) is 0 Å². The number of urea groups is 1. The molecular formula is C20H22N4O2S. The highest BCUT2D eigenvalue weighted by Crippen LogP contribution is 2.31. The number of aromatic nitrogens is 1. The highest BCUT2D eigenvalue weighted by Gasteiger charge is 2.11. The zero-order chi connectivity index (χ0) is 19.4. The minimum Gasteiger partial charge on any atom is -0.308 e. The third kappa shape index (κ3) is 4.62.